The lowest BCUT2D eigenvalue weighted by molar-refractivity contribution is -0.119. The highest BCUT2D eigenvalue weighted by Gasteiger charge is 2.19. The Morgan fingerprint density at radius 2 is 1.45 bits per heavy atom. The minimum absolute atomic E-state index is 0.0151. The number of fused-ring (bicyclic) bond motifs is 1. The van der Waals surface area contributed by atoms with E-state index in [0.29, 0.717) is 16.5 Å². The van der Waals surface area contributed by atoms with Crippen LogP contribution >= 0.6 is 0 Å². The second kappa shape index (κ2) is 9.04. The number of hydrogen-bond donors (Lipinski definition) is 1. The van der Waals surface area contributed by atoms with Gasteiger partial charge in [0.1, 0.15) is 0 Å². The van der Waals surface area contributed by atoms with Gasteiger partial charge in [-0.05, 0) is 23.8 Å². The van der Waals surface area contributed by atoms with Crippen LogP contribution in [-0.4, -0.2) is 28.3 Å². The van der Waals surface area contributed by atoms with Crippen molar-refractivity contribution in [2.24, 2.45) is 0 Å². The number of benzene rings is 3. The predicted molar refractivity (Wildman–Crippen MR) is 117 cm³/mol. The summed E-state index contributed by atoms with van der Waals surface area (Å²) >= 11 is 0. The average molecular weight is 413 g/mol. The smallest absolute Gasteiger partial charge is 0.359 e. The highest BCUT2D eigenvalue weighted by Crippen LogP contribution is 2.15. The van der Waals surface area contributed by atoms with Gasteiger partial charge in [0.15, 0.2) is 12.3 Å². The minimum Gasteiger partial charge on any atom is -0.451 e. The number of aromatic nitrogens is 2. The molecule has 0 saturated carbocycles. The minimum atomic E-state index is -0.777. The fourth-order valence-corrected chi connectivity index (χ4v) is 3.17. The molecule has 154 valence electrons. The number of esters is 1. The molecule has 0 aliphatic carbocycles. The lowest BCUT2D eigenvalue weighted by atomic mass is 10.1. The first-order chi connectivity index (χ1) is 15.1. The first-order valence-corrected chi connectivity index (χ1v) is 9.67. The fraction of sp³-hybridized carbons (Fsp3) is 0.0833. The summed E-state index contributed by atoms with van der Waals surface area (Å²) in [5.41, 5.74) is 1.15. The second-order valence-electron chi connectivity index (χ2n) is 6.83. The van der Waals surface area contributed by atoms with Crippen molar-refractivity contribution in [2.75, 3.05) is 11.9 Å². The quantitative estimate of drug-likeness (QED) is 0.490. The Hall–Kier alpha value is -4.26. The number of carbonyl (C=O) groups is 2. The zero-order chi connectivity index (χ0) is 21.6. The van der Waals surface area contributed by atoms with Gasteiger partial charge in [0, 0.05) is 11.1 Å². The Labute approximate surface area is 177 Å². The first kappa shape index (κ1) is 20.0. The lowest BCUT2D eigenvalue weighted by Gasteiger charge is -2.11. The molecule has 0 saturated heterocycles. The van der Waals surface area contributed by atoms with Crippen LogP contribution in [0.3, 0.4) is 0 Å². The molecule has 1 heterocycles. The third-order valence-corrected chi connectivity index (χ3v) is 4.63. The molecule has 31 heavy (non-hydrogen) atoms. The molecule has 3 aromatic carbocycles. The van der Waals surface area contributed by atoms with Gasteiger partial charge in [0.25, 0.3) is 11.5 Å². The zero-order valence-electron chi connectivity index (χ0n) is 16.5. The van der Waals surface area contributed by atoms with E-state index in [4.69, 9.17) is 4.74 Å². The van der Waals surface area contributed by atoms with Gasteiger partial charge in [-0.1, -0.05) is 66.7 Å². The van der Waals surface area contributed by atoms with Crippen molar-refractivity contribution in [3.8, 4) is 0 Å². The summed E-state index contributed by atoms with van der Waals surface area (Å²) in [6.07, 6.45) is 0. The third kappa shape index (κ3) is 4.67. The molecule has 1 aromatic heterocycles. The number of hydrogen-bond acceptors (Lipinski definition) is 5. The van der Waals surface area contributed by atoms with E-state index in [0.717, 1.165) is 5.56 Å². The molecule has 7 heteroatoms. The molecule has 7 nitrogen and oxygen atoms in total. The van der Waals surface area contributed by atoms with Crippen LogP contribution in [0.15, 0.2) is 89.7 Å². The maximum Gasteiger partial charge on any atom is 0.359 e. The summed E-state index contributed by atoms with van der Waals surface area (Å²) in [5, 5.41) is 7.64. The molecular weight excluding hydrogens is 394 g/mol. The third-order valence-electron chi connectivity index (χ3n) is 4.63. The normalized spacial score (nSPS) is 10.6. The van der Waals surface area contributed by atoms with Crippen molar-refractivity contribution in [1.82, 2.24) is 9.78 Å². The Kier molecular flexibility index (Phi) is 5.84. The number of ether oxygens (including phenoxy) is 1. The molecule has 0 fully saturated rings. The van der Waals surface area contributed by atoms with Crippen molar-refractivity contribution in [3.05, 3.63) is 107 Å². The second-order valence-corrected chi connectivity index (χ2v) is 6.83. The maximum absolute atomic E-state index is 12.9. The molecule has 0 bridgehead atoms. The highest BCUT2D eigenvalue weighted by atomic mass is 16.5. The zero-order valence-corrected chi connectivity index (χ0v) is 16.5. The van der Waals surface area contributed by atoms with Gasteiger partial charge in [0.2, 0.25) is 0 Å². The van der Waals surface area contributed by atoms with Gasteiger partial charge in [-0.25, -0.2) is 9.48 Å². The lowest BCUT2D eigenvalue weighted by Crippen LogP contribution is -2.28. The van der Waals surface area contributed by atoms with Crippen molar-refractivity contribution >= 4 is 28.3 Å². The van der Waals surface area contributed by atoms with Crippen LogP contribution in [-0.2, 0) is 16.1 Å². The highest BCUT2D eigenvalue weighted by molar-refractivity contribution is 6.03. The maximum atomic E-state index is 12.9. The number of nitrogens with one attached hydrogen (secondary N) is 1. The van der Waals surface area contributed by atoms with E-state index >= 15 is 0 Å². The number of para-hydroxylation sites is 1. The fourth-order valence-electron chi connectivity index (χ4n) is 3.17. The van der Waals surface area contributed by atoms with Crippen molar-refractivity contribution in [2.45, 2.75) is 6.54 Å². The number of rotatable bonds is 6. The number of nitrogens with zero attached hydrogens (tertiary/aromatic N) is 2. The van der Waals surface area contributed by atoms with Gasteiger partial charge < -0.3 is 10.1 Å². The Bertz CT molecular complexity index is 1280. The average Bonchev–Trinajstić information content (AvgIpc) is 2.81. The number of carbonyl (C=O) groups excluding carboxylic acids is 2. The monoisotopic (exact) mass is 413 g/mol. The Balaban J connectivity index is 1.58. The van der Waals surface area contributed by atoms with E-state index in [1.807, 2.05) is 36.4 Å². The molecule has 4 aromatic rings. The number of amides is 1. The Morgan fingerprint density at radius 3 is 2.16 bits per heavy atom. The molecular formula is C24H19N3O4. The van der Waals surface area contributed by atoms with Crippen molar-refractivity contribution < 1.29 is 14.3 Å². The van der Waals surface area contributed by atoms with E-state index in [1.54, 1.807) is 48.5 Å². The SMILES string of the molecule is O=C(COC(=O)c1nn(Cc2ccccc2)c(=O)c2ccccc12)Nc1ccccc1. The summed E-state index contributed by atoms with van der Waals surface area (Å²) in [6.45, 7) is -0.263. The molecule has 0 spiro atoms. The summed E-state index contributed by atoms with van der Waals surface area (Å²) < 4.78 is 6.42. The van der Waals surface area contributed by atoms with E-state index in [9.17, 15) is 14.4 Å². The van der Waals surface area contributed by atoms with Crippen LogP contribution in [0.1, 0.15) is 16.1 Å². The van der Waals surface area contributed by atoms with Crippen LogP contribution in [0, 0.1) is 0 Å². The summed E-state index contributed by atoms with van der Waals surface area (Å²) in [4.78, 5) is 37.7. The molecule has 4 rings (SSSR count). The van der Waals surface area contributed by atoms with E-state index in [-0.39, 0.29) is 17.8 Å². The molecule has 0 aliphatic rings. The van der Waals surface area contributed by atoms with Crippen molar-refractivity contribution in [1.29, 1.82) is 0 Å². The van der Waals surface area contributed by atoms with E-state index in [1.165, 1.54) is 4.68 Å². The van der Waals surface area contributed by atoms with Gasteiger partial charge in [-0.2, -0.15) is 5.10 Å². The summed E-state index contributed by atoms with van der Waals surface area (Å²) in [6, 6.07) is 24.9. The first-order valence-electron chi connectivity index (χ1n) is 9.67. The van der Waals surface area contributed by atoms with Gasteiger partial charge in [-0.15, -0.1) is 0 Å². The standard InChI is InChI=1S/C24H19N3O4/c28-21(25-18-11-5-2-6-12-18)16-31-24(30)22-19-13-7-8-14-20(19)23(29)27(26-22)15-17-9-3-1-4-10-17/h1-14H,15-16H2,(H,25,28). The van der Waals surface area contributed by atoms with E-state index in [2.05, 4.69) is 10.4 Å². The van der Waals surface area contributed by atoms with E-state index < -0.39 is 18.5 Å². The molecule has 1 N–H and O–H groups in total. The summed E-state index contributed by atoms with van der Waals surface area (Å²) in [5.74, 6) is -1.25. The van der Waals surface area contributed by atoms with Crippen LogP contribution in [0.5, 0.6) is 0 Å². The van der Waals surface area contributed by atoms with Crippen LogP contribution in [0.4, 0.5) is 5.69 Å². The van der Waals surface area contributed by atoms with Gasteiger partial charge >= 0.3 is 5.97 Å². The molecule has 1 amide bonds. The summed E-state index contributed by atoms with van der Waals surface area (Å²) in [7, 11) is 0. The van der Waals surface area contributed by atoms with Gasteiger partial charge in [-0.3, -0.25) is 9.59 Å². The van der Waals surface area contributed by atoms with Gasteiger partial charge in [0.05, 0.1) is 11.9 Å². The molecule has 0 radical (unpaired) electrons. The number of anilines is 1. The Morgan fingerprint density at radius 1 is 0.839 bits per heavy atom. The van der Waals surface area contributed by atoms with Crippen molar-refractivity contribution in [3.63, 3.8) is 0 Å². The van der Waals surface area contributed by atoms with Crippen LogP contribution in [0.2, 0.25) is 0 Å². The predicted octanol–water partition coefficient (Wildman–Crippen LogP) is 3.24. The largest absolute Gasteiger partial charge is 0.451 e. The molecule has 0 atom stereocenters. The topological polar surface area (TPSA) is 90.3 Å². The van der Waals surface area contributed by atoms with Crippen LogP contribution < -0.4 is 10.9 Å². The molecule has 0 unspecified atom stereocenters. The molecule has 0 aliphatic heterocycles. The van der Waals surface area contributed by atoms with Crippen LogP contribution in [0.25, 0.3) is 10.8 Å².